The van der Waals surface area contributed by atoms with Gasteiger partial charge in [0.1, 0.15) is 0 Å². The van der Waals surface area contributed by atoms with E-state index in [1.54, 1.807) is 0 Å². The molecule has 0 aromatic rings. The van der Waals surface area contributed by atoms with Gasteiger partial charge in [-0.2, -0.15) is 0 Å². The standard InChI is InChI=1S/C12H22ClO3P/c1-2-12(16-17-15,8-11(14)9-13)10-6-4-3-5-7-10/h10-11,14H,2-9H2,1H3/t11-,12?/m1/s1. The van der Waals surface area contributed by atoms with Crippen molar-refractivity contribution in [3.05, 3.63) is 0 Å². The van der Waals surface area contributed by atoms with Gasteiger partial charge < -0.3 is 5.11 Å². The molecule has 0 aliphatic heterocycles. The molecule has 0 aromatic carbocycles. The topological polar surface area (TPSA) is 46.5 Å². The van der Waals surface area contributed by atoms with E-state index in [0.717, 1.165) is 19.3 Å². The first kappa shape index (κ1) is 15.4. The Labute approximate surface area is 110 Å². The van der Waals surface area contributed by atoms with Gasteiger partial charge in [-0.25, -0.2) is 4.57 Å². The van der Waals surface area contributed by atoms with Crippen molar-refractivity contribution in [1.82, 2.24) is 0 Å². The second kappa shape index (κ2) is 7.68. The summed E-state index contributed by atoms with van der Waals surface area (Å²) in [5.74, 6) is 0.591. The first-order valence-corrected chi connectivity index (χ1v) is 7.70. The molecule has 1 saturated carbocycles. The Morgan fingerprint density at radius 2 is 2.12 bits per heavy atom. The van der Waals surface area contributed by atoms with Crippen LogP contribution >= 0.6 is 20.3 Å². The SMILES string of the molecule is CCC(C[C@@H](O)CCl)(OP=O)C1CCCCC1. The fraction of sp³-hybridized carbons (Fsp3) is 1.00. The van der Waals surface area contributed by atoms with Gasteiger partial charge in [-0.15, -0.1) is 11.6 Å². The maximum Gasteiger partial charge on any atom is 0.327 e. The maximum atomic E-state index is 10.9. The zero-order chi connectivity index (χ0) is 12.7. The van der Waals surface area contributed by atoms with Crippen molar-refractivity contribution < 1.29 is 14.2 Å². The van der Waals surface area contributed by atoms with Crippen molar-refractivity contribution in [3.63, 3.8) is 0 Å². The lowest BCUT2D eigenvalue weighted by atomic mass is 9.73. The van der Waals surface area contributed by atoms with Gasteiger partial charge in [-0.1, -0.05) is 26.2 Å². The van der Waals surface area contributed by atoms with Crippen molar-refractivity contribution in [1.29, 1.82) is 0 Å². The predicted octanol–water partition coefficient (Wildman–Crippen LogP) is 3.93. The Morgan fingerprint density at radius 3 is 2.59 bits per heavy atom. The number of hydrogen-bond acceptors (Lipinski definition) is 3. The van der Waals surface area contributed by atoms with E-state index in [4.69, 9.17) is 16.1 Å². The van der Waals surface area contributed by atoms with Gasteiger partial charge in [0, 0.05) is 12.3 Å². The second-order valence-electron chi connectivity index (χ2n) is 4.93. The highest BCUT2D eigenvalue weighted by Gasteiger charge is 2.40. The highest BCUT2D eigenvalue weighted by molar-refractivity contribution is 7.17. The summed E-state index contributed by atoms with van der Waals surface area (Å²) >= 11 is 5.67. The summed E-state index contributed by atoms with van der Waals surface area (Å²) in [6.07, 6.45) is 6.51. The Bertz CT molecular complexity index is 234. The Kier molecular flexibility index (Phi) is 6.94. The lowest BCUT2D eigenvalue weighted by molar-refractivity contribution is -0.0366. The van der Waals surface area contributed by atoms with Gasteiger partial charge in [0.15, 0.2) is 0 Å². The van der Waals surface area contributed by atoms with Gasteiger partial charge in [-0.3, -0.25) is 4.52 Å². The van der Waals surface area contributed by atoms with E-state index in [2.05, 4.69) is 0 Å². The van der Waals surface area contributed by atoms with Crippen LogP contribution in [0.1, 0.15) is 51.9 Å². The molecule has 1 rings (SSSR count). The molecule has 5 heteroatoms. The number of rotatable bonds is 7. The molecule has 2 atom stereocenters. The third-order valence-electron chi connectivity index (χ3n) is 3.93. The van der Waals surface area contributed by atoms with E-state index in [0.29, 0.717) is 12.3 Å². The van der Waals surface area contributed by atoms with Crippen LogP contribution in [0.15, 0.2) is 0 Å². The van der Waals surface area contributed by atoms with Crippen LogP contribution in [0, 0.1) is 5.92 Å². The fourth-order valence-corrected chi connectivity index (χ4v) is 3.54. The largest absolute Gasteiger partial charge is 0.392 e. The number of aliphatic hydroxyl groups excluding tert-OH is 1. The molecule has 0 aromatic heterocycles. The van der Waals surface area contributed by atoms with Crippen molar-refractivity contribution >= 4 is 20.3 Å². The number of alkyl halides is 1. The number of aliphatic hydroxyl groups is 1. The zero-order valence-electron chi connectivity index (χ0n) is 10.4. The number of halogens is 1. The van der Waals surface area contributed by atoms with Crippen molar-refractivity contribution in [3.8, 4) is 0 Å². The predicted molar refractivity (Wildman–Crippen MR) is 69.6 cm³/mol. The summed E-state index contributed by atoms with van der Waals surface area (Å²) in [7, 11) is -0.294. The lowest BCUT2D eigenvalue weighted by Crippen LogP contribution is -2.42. The van der Waals surface area contributed by atoms with E-state index in [9.17, 15) is 9.67 Å². The first-order chi connectivity index (χ1) is 8.18. The van der Waals surface area contributed by atoms with Crippen molar-refractivity contribution in [2.45, 2.75) is 63.6 Å². The molecule has 17 heavy (non-hydrogen) atoms. The van der Waals surface area contributed by atoms with Gasteiger partial charge in [-0.05, 0) is 25.2 Å². The fourth-order valence-electron chi connectivity index (χ4n) is 2.93. The van der Waals surface area contributed by atoms with Crippen LogP contribution in [0.2, 0.25) is 0 Å². The normalized spacial score (nSPS) is 23.5. The summed E-state index contributed by atoms with van der Waals surface area (Å²) in [5.41, 5.74) is -0.474. The summed E-state index contributed by atoms with van der Waals surface area (Å²) < 4.78 is 16.3. The molecular weight excluding hydrogens is 259 g/mol. The van der Waals surface area contributed by atoms with Crippen LogP contribution in [0.3, 0.4) is 0 Å². The van der Waals surface area contributed by atoms with Crippen molar-refractivity contribution in [2.24, 2.45) is 5.92 Å². The zero-order valence-corrected chi connectivity index (χ0v) is 12.1. The highest BCUT2D eigenvalue weighted by atomic mass is 35.5. The van der Waals surface area contributed by atoms with Crippen LogP contribution < -0.4 is 0 Å². The minimum Gasteiger partial charge on any atom is -0.392 e. The van der Waals surface area contributed by atoms with E-state index in [1.165, 1.54) is 19.3 Å². The van der Waals surface area contributed by atoms with E-state index < -0.39 is 11.7 Å². The monoisotopic (exact) mass is 280 g/mol. The van der Waals surface area contributed by atoms with Gasteiger partial charge in [0.25, 0.3) is 0 Å². The summed E-state index contributed by atoms with van der Waals surface area (Å²) in [6, 6.07) is 0. The molecule has 0 spiro atoms. The molecule has 0 saturated heterocycles. The Morgan fingerprint density at radius 1 is 1.47 bits per heavy atom. The summed E-state index contributed by atoms with van der Waals surface area (Å²) in [6.45, 7) is 2.03. The third-order valence-corrected chi connectivity index (χ3v) is 4.72. The van der Waals surface area contributed by atoms with Gasteiger partial charge >= 0.3 is 8.69 Å². The van der Waals surface area contributed by atoms with Crippen LogP contribution in [-0.4, -0.2) is 22.7 Å². The smallest absolute Gasteiger partial charge is 0.327 e. The van der Waals surface area contributed by atoms with E-state index >= 15 is 0 Å². The quantitative estimate of drug-likeness (QED) is 0.568. The van der Waals surface area contributed by atoms with E-state index in [1.807, 2.05) is 6.92 Å². The molecule has 0 bridgehead atoms. The summed E-state index contributed by atoms with van der Waals surface area (Å²) in [4.78, 5) is 0. The average Bonchev–Trinajstić information content (AvgIpc) is 2.39. The number of hydrogen-bond donors (Lipinski definition) is 1. The molecule has 0 heterocycles. The molecule has 1 fully saturated rings. The molecule has 0 radical (unpaired) electrons. The van der Waals surface area contributed by atoms with Crippen LogP contribution in [-0.2, 0) is 9.09 Å². The molecule has 1 N–H and O–H groups in total. The second-order valence-corrected chi connectivity index (χ2v) is 5.57. The Balaban J connectivity index is 2.77. The van der Waals surface area contributed by atoms with Crippen LogP contribution in [0.5, 0.6) is 0 Å². The van der Waals surface area contributed by atoms with Crippen molar-refractivity contribution in [2.75, 3.05) is 5.88 Å². The minimum absolute atomic E-state index is 0.202. The minimum atomic E-state index is -0.583. The van der Waals surface area contributed by atoms with E-state index in [-0.39, 0.29) is 14.6 Å². The maximum absolute atomic E-state index is 10.9. The van der Waals surface area contributed by atoms with Gasteiger partial charge in [0.2, 0.25) is 0 Å². The molecule has 1 aliphatic carbocycles. The third kappa shape index (κ3) is 4.17. The molecule has 100 valence electrons. The highest BCUT2D eigenvalue weighted by Crippen LogP contribution is 2.42. The molecule has 1 unspecified atom stereocenters. The van der Waals surface area contributed by atoms with Crippen LogP contribution in [0.25, 0.3) is 0 Å². The molecular formula is C12H22ClO3P. The van der Waals surface area contributed by atoms with Gasteiger partial charge in [0.05, 0.1) is 11.7 Å². The summed E-state index contributed by atoms with van der Waals surface area (Å²) in [5, 5.41) is 9.76. The molecule has 1 aliphatic rings. The molecule has 3 nitrogen and oxygen atoms in total. The molecule has 0 amide bonds. The Hall–Kier alpha value is 0.310. The van der Waals surface area contributed by atoms with Crippen LogP contribution in [0.4, 0.5) is 0 Å². The average molecular weight is 281 g/mol. The first-order valence-electron chi connectivity index (χ1n) is 6.43. The lowest BCUT2D eigenvalue weighted by Gasteiger charge is -2.40.